The molecule has 3 heterocycles. The fourth-order valence-corrected chi connectivity index (χ4v) is 5.15. The molecular formula is C19H24N4O4. The number of amides is 3. The van der Waals surface area contributed by atoms with Gasteiger partial charge in [-0.2, -0.15) is 0 Å². The van der Waals surface area contributed by atoms with Gasteiger partial charge in [0.05, 0.1) is 10.3 Å². The third-order valence-corrected chi connectivity index (χ3v) is 6.34. The molecule has 3 aliphatic heterocycles. The zero-order valence-corrected chi connectivity index (χ0v) is 15.7. The summed E-state index contributed by atoms with van der Waals surface area (Å²) in [4.78, 5) is 41.6. The number of benzene rings is 1. The SMILES string of the molecule is CN1C[C@]2(Cc3cc([N+](=O)[O-])ccc3N3CCCCC[C@@H]32)C(=O)N(C)C1=O. The highest BCUT2D eigenvalue weighted by molar-refractivity contribution is 6.01. The van der Waals surface area contributed by atoms with Gasteiger partial charge in [0.15, 0.2) is 0 Å². The number of nitro groups is 1. The first-order chi connectivity index (χ1) is 12.8. The van der Waals surface area contributed by atoms with Gasteiger partial charge < -0.3 is 9.80 Å². The van der Waals surface area contributed by atoms with Crippen molar-refractivity contribution in [2.45, 2.75) is 38.1 Å². The Bertz CT molecular complexity index is 826. The first-order valence-electron chi connectivity index (χ1n) is 9.42. The van der Waals surface area contributed by atoms with E-state index in [1.807, 2.05) is 6.07 Å². The molecule has 0 bridgehead atoms. The molecule has 3 amide bonds. The molecule has 1 spiro atoms. The largest absolute Gasteiger partial charge is 0.367 e. The van der Waals surface area contributed by atoms with E-state index in [-0.39, 0.29) is 23.7 Å². The molecule has 1 aromatic rings. The summed E-state index contributed by atoms with van der Waals surface area (Å²) in [7, 11) is 3.25. The Hall–Kier alpha value is -2.64. The predicted octanol–water partition coefficient (Wildman–Crippen LogP) is 2.41. The molecule has 3 aliphatic rings. The van der Waals surface area contributed by atoms with Crippen molar-refractivity contribution < 1.29 is 14.5 Å². The molecule has 0 saturated carbocycles. The molecule has 0 aliphatic carbocycles. The molecule has 2 saturated heterocycles. The van der Waals surface area contributed by atoms with Gasteiger partial charge in [0.1, 0.15) is 0 Å². The number of hydrogen-bond acceptors (Lipinski definition) is 5. The van der Waals surface area contributed by atoms with Gasteiger partial charge in [-0.3, -0.25) is 19.8 Å². The van der Waals surface area contributed by atoms with E-state index in [1.54, 1.807) is 24.1 Å². The summed E-state index contributed by atoms with van der Waals surface area (Å²) >= 11 is 0. The van der Waals surface area contributed by atoms with Gasteiger partial charge in [0.25, 0.3) is 5.69 Å². The van der Waals surface area contributed by atoms with E-state index in [2.05, 4.69) is 4.90 Å². The second-order valence-corrected chi connectivity index (χ2v) is 7.96. The number of non-ortho nitro benzene ring substituents is 1. The van der Waals surface area contributed by atoms with Crippen molar-refractivity contribution in [1.82, 2.24) is 9.80 Å². The van der Waals surface area contributed by atoms with Gasteiger partial charge in [0.2, 0.25) is 5.91 Å². The van der Waals surface area contributed by atoms with E-state index in [1.165, 1.54) is 11.9 Å². The Kier molecular flexibility index (Phi) is 4.09. The van der Waals surface area contributed by atoms with Crippen LogP contribution >= 0.6 is 0 Å². The summed E-state index contributed by atoms with van der Waals surface area (Å²) in [6, 6.07) is 4.67. The maximum atomic E-state index is 13.4. The molecule has 0 unspecified atom stereocenters. The minimum Gasteiger partial charge on any atom is -0.367 e. The fourth-order valence-electron chi connectivity index (χ4n) is 5.15. The van der Waals surface area contributed by atoms with Gasteiger partial charge in [-0.25, -0.2) is 4.79 Å². The maximum Gasteiger partial charge on any atom is 0.326 e. The highest BCUT2D eigenvalue weighted by Gasteiger charge is 2.57. The van der Waals surface area contributed by atoms with Crippen molar-refractivity contribution in [3.8, 4) is 0 Å². The Morgan fingerprint density at radius 1 is 1.19 bits per heavy atom. The monoisotopic (exact) mass is 372 g/mol. The van der Waals surface area contributed by atoms with Crippen LogP contribution in [0.4, 0.5) is 16.2 Å². The van der Waals surface area contributed by atoms with Gasteiger partial charge in [0, 0.05) is 51.0 Å². The van der Waals surface area contributed by atoms with E-state index >= 15 is 0 Å². The lowest BCUT2D eigenvalue weighted by molar-refractivity contribution is -0.384. The van der Waals surface area contributed by atoms with Crippen molar-refractivity contribution in [2.24, 2.45) is 5.41 Å². The van der Waals surface area contributed by atoms with Crippen molar-refractivity contribution in [3.05, 3.63) is 33.9 Å². The maximum absolute atomic E-state index is 13.4. The molecule has 1 aromatic carbocycles. The lowest BCUT2D eigenvalue weighted by Gasteiger charge is -2.54. The molecule has 0 radical (unpaired) electrons. The third-order valence-electron chi connectivity index (χ3n) is 6.34. The van der Waals surface area contributed by atoms with E-state index in [0.29, 0.717) is 13.0 Å². The zero-order valence-electron chi connectivity index (χ0n) is 15.7. The second-order valence-electron chi connectivity index (χ2n) is 7.96. The Labute approximate surface area is 157 Å². The highest BCUT2D eigenvalue weighted by atomic mass is 16.6. The summed E-state index contributed by atoms with van der Waals surface area (Å²) in [5, 5.41) is 11.3. The predicted molar refractivity (Wildman–Crippen MR) is 99.6 cm³/mol. The number of fused-ring (bicyclic) bond motifs is 4. The van der Waals surface area contributed by atoms with Crippen LogP contribution in [0.3, 0.4) is 0 Å². The number of rotatable bonds is 1. The fraction of sp³-hybridized carbons (Fsp3) is 0.579. The number of nitrogens with zero attached hydrogens (tertiary/aromatic N) is 4. The van der Waals surface area contributed by atoms with Crippen LogP contribution in [-0.4, -0.2) is 59.9 Å². The molecule has 0 N–H and O–H groups in total. The van der Waals surface area contributed by atoms with Gasteiger partial charge >= 0.3 is 6.03 Å². The van der Waals surface area contributed by atoms with Crippen molar-refractivity contribution in [3.63, 3.8) is 0 Å². The molecule has 27 heavy (non-hydrogen) atoms. The summed E-state index contributed by atoms with van der Waals surface area (Å²) in [6.45, 7) is 1.17. The smallest absolute Gasteiger partial charge is 0.326 e. The van der Waals surface area contributed by atoms with Crippen LogP contribution in [0.25, 0.3) is 0 Å². The normalized spacial score (nSPS) is 28.1. The second kappa shape index (κ2) is 6.21. The number of carbonyl (C=O) groups excluding carboxylic acids is 2. The van der Waals surface area contributed by atoms with Crippen LogP contribution in [0.15, 0.2) is 18.2 Å². The number of urea groups is 1. The quantitative estimate of drug-likeness (QED) is 0.558. The summed E-state index contributed by atoms with van der Waals surface area (Å²) in [6.07, 6.45) is 4.48. The van der Waals surface area contributed by atoms with Crippen LogP contribution in [0.1, 0.15) is 31.2 Å². The van der Waals surface area contributed by atoms with E-state index < -0.39 is 10.3 Å². The average Bonchev–Trinajstić information content (AvgIpc) is 2.91. The van der Waals surface area contributed by atoms with Crippen molar-refractivity contribution in [1.29, 1.82) is 0 Å². The highest BCUT2D eigenvalue weighted by Crippen LogP contribution is 2.48. The Morgan fingerprint density at radius 2 is 1.96 bits per heavy atom. The van der Waals surface area contributed by atoms with Gasteiger partial charge in [-0.1, -0.05) is 12.8 Å². The van der Waals surface area contributed by atoms with Crippen molar-refractivity contribution in [2.75, 3.05) is 32.1 Å². The lowest BCUT2D eigenvalue weighted by Crippen LogP contribution is -2.68. The third kappa shape index (κ3) is 2.57. The van der Waals surface area contributed by atoms with Crippen LogP contribution in [-0.2, 0) is 11.2 Å². The topological polar surface area (TPSA) is 87.0 Å². The number of anilines is 1. The van der Waals surface area contributed by atoms with Crippen LogP contribution in [0.2, 0.25) is 0 Å². The standard InChI is InChI=1S/C19H24N4O4/c1-20-12-19(17(24)21(2)18(20)25)11-13-10-14(23(26)27)7-8-15(13)22-9-5-3-4-6-16(19)22/h7-8,10,16H,3-6,9,11-12H2,1-2H3/t16-,19+/m1/s1. The Balaban J connectivity index is 1.87. The molecule has 4 rings (SSSR count). The minimum atomic E-state index is -0.760. The molecule has 8 heteroatoms. The van der Waals surface area contributed by atoms with Gasteiger partial charge in [-0.15, -0.1) is 0 Å². The number of carbonyl (C=O) groups is 2. The minimum absolute atomic E-state index is 0.000504. The van der Waals surface area contributed by atoms with E-state index in [4.69, 9.17) is 0 Å². The van der Waals surface area contributed by atoms with Crippen molar-refractivity contribution >= 4 is 23.3 Å². The molecule has 144 valence electrons. The van der Waals surface area contributed by atoms with Gasteiger partial charge in [-0.05, 0) is 30.9 Å². The molecule has 2 atom stereocenters. The molecule has 0 aromatic heterocycles. The summed E-state index contributed by atoms with van der Waals surface area (Å²) in [5.41, 5.74) is 1.10. The zero-order chi connectivity index (χ0) is 19.3. The summed E-state index contributed by atoms with van der Waals surface area (Å²) in [5.74, 6) is -0.167. The Morgan fingerprint density at radius 3 is 2.70 bits per heavy atom. The van der Waals surface area contributed by atoms with Crippen LogP contribution in [0, 0.1) is 15.5 Å². The first kappa shape index (κ1) is 17.8. The molecule has 2 fully saturated rings. The number of imide groups is 1. The molecule has 8 nitrogen and oxygen atoms in total. The summed E-state index contributed by atoms with van der Waals surface area (Å²) < 4.78 is 0. The number of hydrogen-bond donors (Lipinski definition) is 0. The van der Waals surface area contributed by atoms with E-state index in [0.717, 1.165) is 43.5 Å². The first-order valence-corrected chi connectivity index (χ1v) is 9.42. The molecular weight excluding hydrogens is 348 g/mol. The van der Waals surface area contributed by atoms with Crippen LogP contribution < -0.4 is 4.90 Å². The average molecular weight is 372 g/mol. The number of nitro benzene ring substituents is 1. The van der Waals surface area contributed by atoms with E-state index in [9.17, 15) is 19.7 Å². The van der Waals surface area contributed by atoms with Crippen LogP contribution in [0.5, 0.6) is 0 Å². The lowest BCUT2D eigenvalue weighted by atomic mass is 9.67.